The molecule has 0 amide bonds. The number of ether oxygens (including phenoxy) is 1. The molecule has 0 saturated carbocycles. The molecule has 0 spiro atoms. The maximum absolute atomic E-state index is 13.7. The van der Waals surface area contributed by atoms with Crippen molar-refractivity contribution in [3.8, 4) is 5.75 Å². The number of benzene rings is 2. The standard InChI is InChI=1S/C19H25FN2O/c1-3-22(4-2)18(13-21)16-10-6-8-12-19(16)23-14-15-9-5-7-11-17(15)20/h5-12,18H,3-4,13-14,21H2,1-2H3. The first kappa shape index (κ1) is 17.4. The van der Waals surface area contributed by atoms with E-state index >= 15 is 0 Å². The molecular formula is C19H25FN2O. The van der Waals surface area contributed by atoms with E-state index in [-0.39, 0.29) is 18.5 Å². The summed E-state index contributed by atoms with van der Waals surface area (Å²) in [7, 11) is 0. The second kappa shape index (κ2) is 8.65. The number of nitrogens with zero attached hydrogens (tertiary/aromatic N) is 1. The summed E-state index contributed by atoms with van der Waals surface area (Å²) in [5, 5.41) is 0. The van der Waals surface area contributed by atoms with Gasteiger partial charge in [0.15, 0.2) is 0 Å². The lowest BCUT2D eigenvalue weighted by Gasteiger charge is -2.30. The fourth-order valence-electron chi connectivity index (χ4n) is 2.80. The molecule has 2 N–H and O–H groups in total. The van der Waals surface area contributed by atoms with Crippen molar-refractivity contribution in [2.24, 2.45) is 5.73 Å². The Kier molecular flexibility index (Phi) is 6.56. The highest BCUT2D eigenvalue weighted by Gasteiger charge is 2.20. The summed E-state index contributed by atoms with van der Waals surface area (Å²) >= 11 is 0. The molecule has 1 unspecified atom stereocenters. The Morgan fingerprint density at radius 2 is 1.70 bits per heavy atom. The predicted molar refractivity (Wildman–Crippen MR) is 91.9 cm³/mol. The van der Waals surface area contributed by atoms with Gasteiger partial charge in [-0.3, -0.25) is 4.90 Å². The van der Waals surface area contributed by atoms with Crippen LogP contribution >= 0.6 is 0 Å². The van der Waals surface area contributed by atoms with E-state index < -0.39 is 0 Å². The van der Waals surface area contributed by atoms with Crippen molar-refractivity contribution in [2.45, 2.75) is 26.5 Å². The number of hydrogen-bond donors (Lipinski definition) is 1. The van der Waals surface area contributed by atoms with Crippen LogP contribution in [0.25, 0.3) is 0 Å². The minimum Gasteiger partial charge on any atom is -0.488 e. The van der Waals surface area contributed by atoms with Crippen molar-refractivity contribution in [1.29, 1.82) is 0 Å². The van der Waals surface area contributed by atoms with Gasteiger partial charge < -0.3 is 10.5 Å². The molecule has 0 aromatic heterocycles. The van der Waals surface area contributed by atoms with Gasteiger partial charge in [-0.2, -0.15) is 0 Å². The summed E-state index contributed by atoms with van der Waals surface area (Å²) in [5.41, 5.74) is 7.60. The number of halogens is 1. The molecule has 0 heterocycles. The number of rotatable bonds is 8. The Hall–Kier alpha value is -1.91. The average Bonchev–Trinajstić information content (AvgIpc) is 2.59. The van der Waals surface area contributed by atoms with Gasteiger partial charge in [-0.15, -0.1) is 0 Å². The van der Waals surface area contributed by atoms with E-state index in [9.17, 15) is 4.39 Å². The van der Waals surface area contributed by atoms with Crippen LogP contribution in [0, 0.1) is 5.82 Å². The number of likely N-dealkylation sites (N-methyl/N-ethyl adjacent to an activating group) is 1. The SMILES string of the molecule is CCN(CC)C(CN)c1ccccc1OCc1ccccc1F. The van der Waals surface area contributed by atoms with Crippen LogP contribution in [0.5, 0.6) is 5.75 Å². The molecule has 0 radical (unpaired) electrons. The Morgan fingerprint density at radius 1 is 1.04 bits per heavy atom. The van der Waals surface area contributed by atoms with Crippen LogP contribution in [0.2, 0.25) is 0 Å². The molecule has 1 atom stereocenters. The molecule has 3 nitrogen and oxygen atoms in total. The van der Waals surface area contributed by atoms with Crippen molar-refractivity contribution < 1.29 is 9.13 Å². The first-order valence-corrected chi connectivity index (χ1v) is 8.10. The summed E-state index contributed by atoms with van der Waals surface area (Å²) < 4.78 is 19.7. The number of para-hydroxylation sites is 1. The van der Waals surface area contributed by atoms with Gasteiger partial charge in [0, 0.05) is 17.7 Å². The van der Waals surface area contributed by atoms with Crippen molar-refractivity contribution >= 4 is 0 Å². The molecule has 23 heavy (non-hydrogen) atoms. The molecular weight excluding hydrogens is 291 g/mol. The minimum atomic E-state index is -0.246. The minimum absolute atomic E-state index is 0.0989. The highest BCUT2D eigenvalue weighted by Crippen LogP contribution is 2.29. The van der Waals surface area contributed by atoms with Gasteiger partial charge in [0.1, 0.15) is 18.2 Å². The van der Waals surface area contributed by atoms with Gasteiger partial charge in [0.25, 0.3) is 0 Å². The van der Waals surface area contributed by atoms with Crippen LogP contribution in [-0.4, -0.2) is 24.5 Å². The maximum Gasteiger partial charge on any atom is 0.129 e. The summed E-state index contributed by atoms with van der Waals surface area (Å²) in [6.07, 6.45) is 0. The second-order valence-corrected chi connectivity index (χ2v) is 5.39. The Bertz CT molecular complexity index is 614. The van der Waals surface area contributed by atoms with E-state index in [2.05, 4.69) is 18.7 Å². The van der Waals surface area contributed by atoms with Crippen molar-refractivity contribution in [1.82, 2.24) is 4.90 Å². The van der Waals surface area contributed by atoms with E-state index in [1.165, 1.54) is 6.07 Å². The molecule has 4 heteroatoms. The number of nitrogens with two attached hydrogens (primary N) is 1. The van der Waals surface area contributed by atoms with E-state index in [1.54, 1.807) is 12.1 Å². The van der Waals surface area contributed by atoms with Gasteiger partial charge in [0.2, 0.25) is 0 Å². The van der Waals surface area contributed by atoms with Crippen molar-refractivity contribution in [2.75, 3.05) is 19.6 Å². The fraction of sp³-hybridized carbons (Fsp3) is 0.368. The molecule has 2 rings (SSSR count). The van der Waals surface area contributed by atoms with Gasteiger partial charge in [-0.25, -0.2) is 4.39 Å². The third-order valence-electron chi connectivity index (χ3n) is 4.10. The highest BCUT2D eigenvalue weighted by molar-refractivity contribution is 5.36. The quantitative estimate of drug-likeness (QED) is 0.806. The zero-order valence-corrected chi connectivity index (χ0v) is 13.8. The topological polar surface area (TPSA) is 38.5 Å². The molecule has 0 saturated heterocycles. The van der Waals surface area contributed by atoms with Gasteiger partial charge in [-0.1, -0.05) is 50.2 Å². The maximum atomic E-state index is 13.7. The monoisotopic (exact) mass is 316 g/mol. The average molecular weight is 316 g/mol. The summed E-state index contributed by atoms with van der Waals surface area (Å²) in [4.78, 5) is 2.30. The lowest BCUT2D eigenvalue weighted by atomic mass is 10.0. The molecule has 0 aliphatic carbocycles. The van der Waals surface area contributed by atoms with Crippen LogP contribution < -0.4 is 10.5 Å². The third kappa shape index (κ3) is 4.30. The smallest absolute Gasteiger partial charge is 0.129 e. The Balaban J connectivity index is 2.21. The van der Waals surface area contributed by atoms with Crippen molar-refractivity contribution in [3.63, 3.8) is 0 Å². The second-order valence-electron chi connectivity index (χ2n) is 5.39. The van der Waals surface area contributed by atoms with E-state index in [0.717, 1.165) is 24.4 Å². The van der Waals surface area contributed by atoms with Gasteiger partial charge in [0.05, 0.1) is 6.04 Å². The molecule has 0 aliphatic heterocycles. The van der Waals surface area contributed by atoms with Crippen LogP contribution in [0.4, 0.5) is 4.39 Å². The zero-order chi connectivity index (χ0) is 16.7. The molecule has 0 bridgehead atoms. The van der Waals surface area contributed by atoms with Crippen LogP contribution in [-0.2, 0) is 6.61 Å². The zero-order valence-electron chi connectivity index (χ0n) is 13.8. The largest absolute Gasteiger partial charge is 0.488 e. The van der Waals surface area contributed by atoms with E-state index in [0.29, 0.717) is 12.1 Å². The molecule has 2 aromatic carbocycles. The first-order valence-electron chi connectivity index (χ1n) is 8.10. The molecule has 2 aromatic rings. The van der Waals surface area contributed by atoms with Crippen LogP contribution in [0.3, 0.4) is 0 Å². The van der Waals surface area contributed by atoms with Crippen molar-refractivity contribution in [3.05, 3.63) is 65.5 Å². The highest BCUT2D eigenvalue weighted by atomic mass is 19.1. The Labute approximate surface area is 137 Å². The summed E-state index contributed by atoms with van der Waals surface area (Å²) in [6, 6.07) is 14.6. The van der Waals surface area contributed by atoms with Crippen LogP contribution in [0.1, 0.15) is 31.0 Å². The van der Waals surface area contributed by atoms with Gasteiger partial charge in [-0.05, 0) is 25.2 Å². The lowest BCUT2D eigenvalue weighted by molar-refractivity contribution is 0.214. The predicted octanol–water partition coefficient (Wildman–Crippen LogP) is 3.75. The normalized spacial score (nSPS) is 12.4. The lowest BCUT2D eigenvalue weighted by Crippen LogP contribution is -2.33. The van der Waals surface area contributed by atoms with Crippen LogP contribution in [0.15, 0.2) is 48.5 Å². The Morgan fingerprint density at radius 3 is 2.35 bits per heavy atom. The van der Waals surface area contributed by atoms with E-state index in [1.807, 2.05) is 30.3 Å². The third-order valence-corrected chi connectivity index (χ3v) is 4.10. The number of hydrogen-bond acceptors (Lipinski definition) is 3. The van der Waals surface area contributed by atoms with Gasteiger partial charge >= 0.3 is 0 Å². The molecule has 124 valence electrons. The molecule has 0 fully saturated rings. The fourth-order valence-corrected chi connectivity index (χ4v) is 2.80. The molecule has 0 aliphatic rings. The summed E-state index contributed by atoms with van der Waals surface area (Å²) in [5.74, 6) is 0.516. The first-order chi connectivity index (χ1) is 11.2. The van der Waals surface area contributed by atoms with E-state index in [4.69, 9.17) is 10.5 Å². The summed E-state index contributed by atoms with van der Waals surface area (Å²) in [6.45, 7) is 6.80.